The van der Waals surface area contributed by atoms with Crippen LogP contribution in [0.15, 0.2) is 12.3 Å². The highest BCUT2D eigenvalue weighted by Crippen LogP contribution is 2.22. The lowest BCUT2D eigenvalue weighted by atomic mass is 9.89. The maximum atomic E-state index is 8.82. The van der Waals surface area contributed by atoms with Crippen LogP contribution < -0.4 is 5.32 Å². The summed E-state index contributed by atoms with van der Waals surface area (Å²) in [4.78, 5) is 0. The summed E-state index contributed by atoms with van der Waals surface area (Å²) < 4.78 is 0. The molecule has 2 nitrogen and oxygen atoms in total. The minimum atomic E-state index is -0.227. The van der Waals surface area contributed by atoms with Gasteiger partial charge in [0.25, 0.3) is 0 Å². The minimum absolute atomic E-state index is 0.227. The molecule has 0 atom stereocenters. The van der Waals surface area contributed by atoms with Crippen molar-refractivity contribution in [1.82, 2.24) is 5.32 Å². The van der Waals surface area contributed by atoms with Gasteiger partial charge in [-0.1, -0.05) is 33.8 Å². The van der Waals surface area contributed by atoms with Crippen molar-refractivity contribution in [2.24, 2.45) is 5.41 Å². The Morgan fingerprint density at radius 1 is 1.38 bits per heavy atom. The molecule has 0 saturated heterocycles. The van der Waals surface area contributed by atoms with Crippen LogP contribution in [0.25, 0.3) is 0 Å². The Kier molecular flexibility index (Phi) is 11.5. The van der Waals surface area contributed by atoms with Crippen LogP contribution in [0, 0.1) is 16.7 Å². The van der Waals surface area contributed by atoms with E-state index >= 15 is 0 Å². The first kappa shape index (κ1) is 17.4. The Bertz CT molecular complexity index is 211. The molecule has 0 aliphatic heterocycles. The van der Waals surface area contributed by atoms with Gasteiger partial charge >= 0.3 is 0 Å². The highest BCUT2D eigenvalue weighted by molar-refractivity contribution is 4.98. The van der Waals surface area contributed by atoms with E-state index < -0.39 is 0 Å². The van der Waals surface area contributed by atoms with Crippen LogP contribution in [0.2, 0.25) is 0 Å². The van der Waals surface area contributed by atoms with E-state index in [1.54, 1.807) is 0 Å². The van der Waals surface area contributed by atoms with Gasteiger partial charge in [-0.15, -0.1) is 0 Å². The summed E-state index contributed by atoms with van der Waals surface area (Å²) in [5.74, 6) is 0. The van der Waals surface area contributed by atoms with Crippen molar-refractivity contribution in [3.63, 3.8) is 0 Å². The van der Waals surface area contributed by atoms with Gasteiger partial charge in [0.15, 0.2) is 0 Å². The molecule has 0 aromatic heterocycles. The van der Waals surface area contributed by atoms with E-state index in [0.717, 1.165) is 25.1 Å². The average Bonchev–Trinajstić information content (AvgIpc) is 2.30. The summed E-state index contributed by atoms with van der Waals surface area (Å²) >= 11 is 0. The molecular formula is C14H28N2. The lowest BCUT2D eigenvalue weighted by Crippen LogP contribution is -2.16. The number of rotatable bonds is 7. The zero-order valence-corrected chi connectivity index (χ0v) is 11.7. The Balaban J connectivity index is 0. The molecule has 0 radical (unpaired) electrons. The van der Waals surface area contributed by atoms with Gasteiger partial charge in [0.1, 0.15) is 0 Å². The van der Waals surface area contributed by atoms with Gasteiger partial charge in [-0.2, -0.15) is 5.26 Å². The number of nitrogens with one attached hydrogen (secondary N) is 1. The maximum Gasteiger partial charge on any atom is 0.0684 e. The second-order valence-corrected chi connectivity index (χ2v) is 4.38. The fourth-order valence-corrected chi connectivity index (χ4v) is 1.05. The summed E-state index contributed by atoms with van der Waals surface area (Å²) in [5, 5.41) is 12.1. The predicted molar refractivity (Wildman–Crippen MR) is 72.0 cm³/mol. The van der Waals surface area contributed by atoms with E-state index in [0.29, 0.717) is 0 Å². The molecule has 0 heterocycles. The zero-order valence-electron chi connectivity index (χ0n) is 11.7. The van der Waals surface area contributed by atoms with E-state index in [4.69, 9.17) is 5.26 Å². The lowest BCUT2D eigenvalue weighted by molar-refractivity contribution is 0.444. The third-order valence-corrected chi connectivity index (χ3v) is 2.26. The molecule has 94 valence electrons. The molecule has 0 rings (SSSR count). The highest BCUT2D eigenvalue weighted by Gasteiger charge is 2.16. The van der Waals surface area contributed by atoms with Gasteiger partial charge in [-0.05, 0) is 33.1 Å². The standard InChI is InChI=1S/C12H22N2.C2H6/c1-5-6-9-14-11(2)7-8-12(3,4)10-13;1-2/h14H,2,5-9H2,1,3-4H3;1-2H3. The molecule has 0 amide bonds. The van der Waals surface area contributed by atoms with Crippen LogP contribution in [0.4, 0.5) is 0 Å². The Hall–Kier alpha value is -0.970. The Morgan fingerprint density at radius 3 is 2.38 bits per heavy atom. The van der Waals surface area contributed by atoms with Gasteiger partial charge in [-0.3, -0.25) is 0 Å². The highest BCUT2D eigenvalue weighted by atomic mass is 14.9. The smallest absolute Gasteiger partial charge is 0.0684 e. The van der Waals surface area contributed by atoms with E-state index in [2.05, 4.69) is 24.9 Å². The maximum absolute atomic E-state index is 8.82. The predicted octanol–water partition coefficient (Wildman–Crippen LogP) is 4.25. The Labute approximate surface area is 102 Å². The summed E-state index contributed by atoms with van der Waals surface area (Å²) in [7, 11) is 0. The number of allylic oxidation sites excluding steroid dienone is 1. The molecule has 0 aromatic rings. The van der Waals surface area contributed by atoms with Gasteiger partial charge in [0.2, 0.25) is 0 Å². The third kappa shape index (κ3) is 11.1. The summed E-state index contributed by atoms with van der Waals surface area (Å²) in [6.45, 7) is 15.0. The second-order valence-electron chi connectivity index (χ2n) is 4.38. The number of unbranched alkanes of at least 4 members (excludes halogenated alkanes) is 1. The van der Waals surface area contributed by atoms with Crippen molar-refractivity contribution >= 4 is 0 Å². The van der Waals surface area contributed by atoms with E-state index in [-0.39, 0.29) is 5.41 Å². The van der Waals surface area contributed by atoms with E-state index in [1.807, 2.05) is 27.7 Å². The van der Waals surface area contributed by atoms with Crippen molar-refractivity contribution in [3.8, 4) is 6.07 Å². The molecule has 0 bridgehead atoms. The normalized spacial score (nSPS) is 9.75. The number of hydrogen-bond acceptors (Lipinski definition) is 2. The first-order valence-electron chi connectivity index (χ1n) is 6.34. The van der Waals surface area contributed by atoms with Gasteiger partial charge in [0.05, 0.1) is 11.5 Å². The van der Waals surface area contributed by atoms with Gasteiger partial charge in [-0.25, -0.2) is 0 Å². The van der Waals surface area contributed by atoms with Crippen LogP contribution >= 0.6 is 0 Å². The topological polar surface area (TPSA) is 35.8 Å². The number of hydrogen-bond donors (Lipinski definition) is 1. The van der Waals surface area contributed by atoms with Gasteiger partial charge < -0.3 is 5.32 Å². The molecule has 2 heteroatoms. The van der Waals surface area contributed by atoms with Crippen molar-refractivity contribution in [1.29, 1.82) is 5.26 Å². The summed E-state index contributed by atoms with van der Waals surface area (Å²) in [6, 6.07) is 2.30. The first-order valence-corrected chi connectivity index (χ1v) is 6.34. The first-order chi connectivity index (χ1) is 7.52. The number of nitrogens with zero attached hydrogens (tertiary/aromatic N) is 1. The van der Waals surface area contributed by atoms with E-state index in [9.17, 15) is 0 Å². The summed E-state index contributed by atoms with van der Waals surface area (Å²) in [6.07, 6.45) is 4.15. The molecule has 0 aliphatic carbocycles. The Morgan fingerprint density at radius 2 is 1.94 bits per heavy atom. The van der Waals surface area contributed by atoms with Gasteiger partial charge in [0, 0.05) is 12.2 Å². The van der Waals surface area contributed by atoms with Crippen molar-refractivity contribution in [2.75, 3.05) is 6.54 Å². The van der Waals surface area contributed by atoms with Crippen LogP contribution in [-0.4, -0.2) is 6.54 Å². The third-order valence-electron chi connectivity index (χ3n) is 2.26. The molecule has 0 unspecified atom stereocenters. The minimum Gasteiger partial charge on any atom is -0.389 e. The largest absolute Gasteiger partial charge is 0.389 e. The van der Waals surface area contributed by atoms with Crippen LogP contribution in [-0.2, 0) is 0 Å². The van der Waals surface area contributed by atoms with Crippen molar-refractivity contribution < 1.29 is 0 Å². The van der Waals surface area contributed by atoms with Crippen LogP contribution in [0.3, 0.4) is 0 Å². The average molecular weight is 224 g/mol. The number of nitriles is 1. The molecule has 1 N–H and O–H groups in total. The molecule has 0 aromatic carbocycles. The van der Waals surface area contributed by atoms with Crippen LogP contribution in [0.1, 0.15) is 60.3 Å². The summed E-state index contributed by atoms with van der Waals surface area (Å²) in [5.41, 5.74) is 0.830. The van der Waals surface area contributed by atoms with Crippen LogP contribution in [0.5, 0.6) is 0 Å². The quantitative estimate of drug-likeness (QED) is 0.656. The van der Waals surface area contributed by atoms with Crippen molar-refractivity contribution in [2.45, 2.75) is 60.3 Å². The SMILES string of the molecule is C=C(CCC(C)(C)C#N)NCCCC.CC. The zero-order chi connectivity index (χ0) is 13.0. The monoisotopic (exact) mass is 224 g/mol. The molecule has 16 heavy (non-hydrogen) atoms. The molecule has 0 spiro atoms. The molecule has 0 aliphatic rings. The van der Waals surface area contributed by atoms with Crippen molar-refractivity contribution in [3.05, 3.63) is 12.3 Å². The molecule has 0 saturated carbocycles. The molecule has 0 fully saturated rings. The fourth-order valence-electron chi connectivity index (χ4n) is 1.05. The molecular weight excluding hydrogens is 196 g/mol. The van der Waals surface area contributed by atoms with E-state index in [1.165, 1.54) is 12.8 Å². The fraction of sp³-hybridized carbons (Fsp3) is 0.786. The second kappa shape index (κ2) is 10.5. The lowest BCUT2D eigenvalue weighted by Gasteiger charge is -2.16.